The van der Waals surface area contributed by atoms with Crippen LogP contribution in [0.5, 0.6) is 0 Å². The quantitative estimate of drug-likeness (QED) is 0.877. The molecule has 2 aliphatic rings. The van der Waals surface area contributed by atoms with Crippen molar-refractivity contribution in [3.63, 3.8) is 0 Å². The van der Waals surface area contributed by atoms with E-state index in [9.17, 15) is 4.79 Å². The Labute approximate surface area is 130 Å². The molecular weight excluding hydrogens is 282 g/mol. The first-order valence-electron chi connectivity index (χ1n) is 8.17. The van der Waals surface area contributed by atoms with Crippen molar-refractivity contribution in [3.05, 3.63) is 11.7 Å². The number of piperazine rings is 1. The lowest BCUT2D eigenvalue weighted by Gasteiger charge is -2.37. The summed E-state index contributed by atoms with van der Waals surface area (Å²) in [7, 11) is 0. The van der Waals surface area contributed by atoms with Gasteiger partial charge in [0.15, 0.2) is 5.82 Å². The summed E-state index contributed by atoms with van der Waals surface area (Å²) in [5.74, 6) is 1.74. The van der Waals surface area contributed by atoms with Crippen LogP contribution in [-0.2, 0) is 11.3 Å². The standard InChI is InChI=1S/C15H25N5O2/c1-11-17-14(22-18-11)10-19-5-7-20(8-6-19)15(21)12-3-2-4-13(16)9-12/h12-13H,2-10,16H2,1H3. The Hall–Kier alpha value is -1.47. The minimum Gasteiger partial charge on any atom is -0.340 e. The molecule has 1 aromatic rings. The van der Waals surface area contributed by atoms with Gasteiger partial charge in [-0.15, -0.1) is 0 Å². The Kier molecular flexibility index (Phi) is 4.73. The van der Waals surface area contributed by atoms with Gasteiger partial charge in [-0.1, -0.05) is 11.6 Å². The molecule has 122 valence electrons. The fourth-order valence-corrected chi connectivity index (χ4v) is 3.43. The van der Waals surface area contributed by atoms with Crippen LogP contribution in [-0.4, -0.2) is 58.1 Å². The van der Waals surface area contributed by atoms with Gasteiger partial charge < -0.3 is 15.2 Å². The smallest absolute Gasteiger partial charge is 0.240 e. The molecule has 22 heavy (non-hydrogen) atoms. The first kappa shape index (κ1) is 15.4. The van der Waals surface area contributed by atoms with Crippen LogP contribution in [0, 0.1) is 12.8 Å². The second-order valence-electron chi connectivity index (χ2n) is 6.46. The molecule has 7 heteroatoms. The lowest BCUT2D eigenvalue weighted by atomic mass is 9.85. The zero-order valence-corrected chi connectivity index (χ0v) is 13.2. The van der Waals surface area contributed by atoms with Gasteiger partial charge in [-0.2, -0.15) is 4.98 Å². The van der Waals surface area contributed by atoms with Crippen molar-refractivity contribution >= 4 is 5.91 Å². The average molecular weight is 307 g/mol. The van der Waals surface area contributed by atoms with Gasteiger partial charge in [0.05, 0.1) is 6.54 Å². The SMILES string of the molecule is Cc1noc(CN2CCN(C(=O)C3CCCC(N)C3)CC2)n1. The number of aromatic nitrogens is 2. The minimum absolute atomic E-state index is 0.133. The predicted molar refractivity (Wildman–Crippen MR) is 80.8 cm³/mol. The van der Waals surface area contributed by atoms with Crippen molar-refractivity contribution in [1.82, 2.24) is 19.9 Å². The number of nitrogens with zero attached hydrogens (tertiary/aromatic N) is 4. The van der Waals surface area contributed by atoms with E-state index in [0.717, 1.165) is 51.9 Å². The topological polar surface area (TPSA) is 88.5 Å². The van der Waals surface area contributed by atoms with E-state index in [1.165, 1.54) is 0 Å². The number of carbonyl (C=O) groups is 1. The van der Waals surface area contributed by atoms with E-state index >= 15 is 0 Å². The Morgan fingerprint density at radius 2 is 2.09 bits per heavy atom. The number of amides is 1. The maximum Gasteiger partial charge on any atom is 0.240 e. The van der Waals surface area contributed by atoms with E-state index < -0.39 is 0 Å². The summed E-state index contributed by atoms with van der Waals surface area (Å²) in [6.45, 7) is 5.74. The highest BCUT2D eigenvalue weighted by molar-refractivity contribution is 5.79. The van der Waals surface area contributed by atoms with Crippen molar-refractivity contribution < 1.29 is 9.32 Å². The maximum atomic E-state index is 12.6. The number of nitrogens with two attached hydrogens (primary N) is 1. The molecule has 1 saturated heterocycles. The monoisotopic (exact) mass is 307 g/mol. The molecule has 0 radical (unpaired) electrons. The number of carbonyl (C=O) groups excluding carboxylic acids is 1. The summed E-state index contributed by atoms with van der Waals surface area (Å²) in [6, 6.07) is 0.199. The molecule has 7 nitrogen and oxygen atoms in total. The molecular formula is C15H25N5O2. The third kappa shape index (κ3) is 3.64. The molecule has 1 amide bonds. The van der Waals surface area contributed by atoms with E-state index in [0.29, 0.717) is 24.2 Å². The van der Waals surface area contributed by atoms with Gasteiger partial charge >= 0.3 is 0 Å². The second-order valence-corrected chi connectivity index (χ2v) is 6.46. The van der Waals surface area contributed by atoms with Gasteiger partial charge in [-0.3, -0.25) is 9.69 Å². The Balaban J connectivity index is 1.47. The number of aryl methyl sites for hydroxylation is 1. The third-order valence-electron chi connectivity index (χ3n) is 4.68. The van der Waals surface area contributed by atoms with Crippen LogP contribution < -0.4 is 5.73 Å². The van der Waals surface area contributed by atoms with Crippen molar-refractivity contribution in [2.75, 3.05) is 26.2 Å². The summed E-state index contributed by atoms with van der Waals surface area (Å²) in [5, 5.41) is 3.80. The molecule has 1 aliphatic carbocycles. The van der Waals surface area contributed by atoms with Crippen LogP contribution in [0.25, 0.3) is 0 Å². The Morgan fingerprint density at radius 1 is 1.32 bits per heavy atom. The van der Waals surface area contributed by atoms with E-state index in [1.54, 1.807) is 0 Å². The summed E-state index contributed by atoms with van der Waals surface area (Å²) < 4.78 is 5.15. The molecule has 1 saturated carbocycles. The van der Waals surface area contributed by atoms with Gasteiger partial charge in [0.25, 0.3) is 0 Å². The fraction of sp³-hybridized carbons (Fsp3) is 0.800. The van der Waals surface area contributed by atoms with Crippen molar-refractivity contribution in [1.29, 1.82) is 0 Å². The Morgan fingerprint density at radius 3 is 2.73 bits per heavy atom. The first-order chi connectivity index (χ1) is 10.6. The van der Waals surface area contributed by atoms with Crippen LogP contribution in [0.15, 0.2) is 4.52 Å². The zero-order chi connectivity index (χ0) is 15.5. The molecule has 1 aromatic heterocycles. The van der Waals surface area contributed by atoms with Crippen LogP contribution in [0.2, 0.25) is 0 Å². The number of hydrogen-bond acceptors (Lipinski definition) is 6. The fourth-order valence-electron chi connectivity index (χ4n) is 3.43. The number of hydrogen-bond donors (Lipinski definition) is 1. The minimum atomic E-state index is 0.133. The molecule has 2 unspecified atom stereocenters. The summed E-state index contributed by atoms with van der Waals surface area (Å²) in [4.78, 5) is 21.1. The van der Waals surface area contributed by atoms with Crippen LogP contribution in [0.3, 0.4) is 0 Å². The van der Waals surface area contributed by atoms with Gasteiger partial charge in [0, 0.05) is 38.1 Å². The second kappa shape index (κ2) is 6.75. The highest BCUT2D eigenvalue weighted by Crippen LogP contribution is 2.25. The predicted octanol–water partition coefficient (Wildman–Crippen LogP) is 0.540. The average Bonchev–Trinajstić information content (AvgIpc) is 2.92. The maximum absolute atomic E-state index is 12.6. The molecule has 2 atom stereocenters. The lowest BCUT2D eigenvalue weighted by molar-refractivity contribution is -0.138. The van der Waals surface area contributed by atoms with Crippen molar-refractivity contribution in [2.45, 2.75) is 45.2 Å². The van der Waals surface area contributed by atoms with Crippen LogP contribution in [0.4, 0.5) is 0 Å². The van der Waals surface area contributed by atoms with Gasteiger partial charge in [0.2, 0.25) is 11.8 Å². The summed E-state index contributed by atoms with van der Waals surface area (Å²) in [5.41, 5.74) is 6.00. The van der Waals surface area contributed by atoms with Crippen molar-refractivity contribution in [3.8, 4) is 0 Å². The first-order valence-corrected chi connectivity index (χ1v) is 8.17. The normalized spacial score (nSPS) is 27.1. The van der Waals surface area contributed by atoms with Gasteiger partial charge in [-0.05, 0) is 26.2 Å². The summed E-state index contributed by atoms with van der Waals surface area (Å²) in [6.07, 6.45) is 3.98. The lowest BCUT2D eigenvalue weighted by Crippen LogP contribution is -2.51. The molecule has 2 fully saturated rings. The molecule has 1 aliphatic heterocycles. The van der Waals surface area contributed by atoms with E-state index in [4.69, 9.17) is 10.3 Å². The highest BCUT2D eigenvalue weighted by Gasteiger charge is 2.30. The molecule has 2 heterocycles. The van der Waals surface area contributed by atoms with E-state index in [2.05, 4.69) is 15.0 Å². The number of rotatable bonds is 3. The van der Waals surface area contributed by atoms with Gasteiger partial charge in [0.1, 0.15) is 0 Å². The molecule has 2 N–H and O–H groups in total. The highest BCUT2D eigenvalue weighted by atomic mass is 16.5. The largest absolute Gasteiger partial charge is 0.340 e. The van der Waals surface area contributed by atoms with E-state index in [1.807, 2.05) is 11.8 Å². The molecule has 3 rings (SSSR count). The van der Waals surface area contributed by atoms with Crippen LogP contribution >= 0.6 is 0 Å². The Bertz CT molecular complexity index is 510. The molecule has 0 bridgehead atoms. The molecule has 0 spiro atoms. The van der Waals surface area contributed by atoms with Gasteiger partial charge in [-0.25, -0.2) is 0 Å². The van der Waals surface area contributed by atoms with Crippen molar-refractivity contribution in [2.24, 2.45) is 11.7 Å². The summed E-state index contributed by atoms with van der Waals surface area (Å²) >= 11 is 0. The third-order valence-corrected chi connectivity index (χ3v) is 4.68. The zero-order valence-electron chi connectivity index (χ0n) is 13.2. The van der Waals surface area contributed by atoms with Crippen LogP contribution in [0.1, 0.15) is 37.4 Å². The molecule has 0 aromatic carbocycles. The van der Waals surface area contributed by atoms with E-state index in [-0.39, 0.29) is 12.0 Å².